The lowest BCUT2D eigenvalue weighted by atomic mass is 10.0. The van der Waals surface area contributed by atoms with Crippen LogP contribution in [0.3, 0.4) is 0 Å². The van der Waals surface area contributed by atoms with E-state index in [4.69, 9.17) is 4.84 Å². The molecular weight excluding hydrogens is 304 g/mol. The molecule has 2 aromatic rings. The molecule has 126 valence electrons. The number of aryl methyl sites for hydroxylation is 1. The molecule has 0 aliphatic carbocycles. The molecule has 1 aliphatic rings. The molecule has 1 atom stereocenters. The van der Waals surface area contributed by atoms with Crippen LogP contribution < -0.4 is 0 Å². The van der Waals surface area contributed by atoms with Gasteiger partial charge in [0.15, 0.2) is 6.10 Å². The van der Waals surface area contributed by atoms with E-state index in [9.17, 15) is 4.79 Å². The minimum atomic E-state index is -0.183. The smallest absolute Gasteiger partial charge is 0.272 e. The van der Waals surface area contributed by atoms with E-state index in [-0.39, 0.29) is 18.1 Å². The number of amides is 1. The molecule has 0 saturated heterocycles. The van der Waals surface area contributed by atoms with Gasteiger partial charge < -0.3 is 9.74 Å². The van der Waals surface area contributed by atoms with Gasteiger partial charge in [-0.05, 0) is 19.4 Å². The summed E-state index contributed by atoms with van der Waals surface area (Å²) < 4.78 is 1.74. The van der Waals surface area contributed by atoms with Gasteiger partial charge in [-0.2, -0.15) is 5.10 Å². The van der Waals surface area contributed by atoms with Crippen LogP contribution in [0, 0.1) is 0 Å². The molecule has 6 nitrogen and oxygen atoms in total. The summed E-state index contributed by atoms with van der Waals surface area (Å²) in [5, 5.41) is 8.21. The molecule has 0 spiro atoms. The monoisotopic (exact) mass is 326 g/mol. The number of nitrogens with zero attached hydrogens (tertiary/aromatic N) is 4. The van der Waals surface area contributed by atoms with Gasteiger partial charge in [0.1, 0.15) is 5.71 Å². The predicted molar refractivity (Wildman–Crippen MR) is 91.2 cm³/mol. The number of aromatic nitrogens is 2. The minimum absolute atomic E-state index is 0.0659. The lowest BCUT2D eigenvalue weighted by Gasteiger charge is -2.25. The summed E-state index contributed by atoms with van der Waals surface area (Å²) >= 11 is 0. The second-order valence-electron chi connectivity index (χ2n) is 6.30. The summed E-state index contributed by atoms with van der Waals surface area (Å²) in [6.45, 7) is 4.51. The first kappa shape index (κ1) is 16.2. The number of carbonyl (C=O) groups is 1. The van der Waals surface area contributed by atoms with Crippen molar-refractivity contribution in [2.45, 2.75) is 39.0 Å². The van der Waals surface area contributed by atoms with E-state index >= 15 is 0 Å². The van der Waals surface area contributed by atoms with Gasteiger partial charge in [-0.1, -0.05) is 35.5 Å². The van der Waals surface area contributed by atoms with E-state index < -0.39 is 0 Å². The maximum Gasteiger partial charge on any atom is 0.272 e. The van der Waals surface area contributed by atoms with E-state index in [1.54, 1.807) is 15.8 Å². The molecule has 0 bridgehead atoms. The summed E-state index contributed by atoms with van der Waals surface area (Å²) in [6.07, 6.45) is 4.02. The molecule has 0 radical (unpaired) electrons. The van der Waals surface area contributed by atoms with Crippen molar-refractivity contribution in [2.24, 2.45) is 12.2 Å². The molecule has 0 fully saturated rings. The Kier molecular flexibility index (Phi) is 4.64. The quantitative estimate of drug-likeness (QED) is 0.849. The van der Waals surface area contributed by atoms with Gasteiger partial charge in [0.2, 0.25) is 0 Å². The normalized spacial score (nSPS) is 16.8. The number of hydrogen-bond donors (Lipinski definition) is 0. The Balaban J connectivity index is 1.69. The average molecular weight is 326 g/mol. The number of oxime groups is 1. The highest BCUT2D eigenvalue weighted by atomic mass is 16.6. The first-order valence-electron chi connectivity index (χ1n) is 8.10. The highest BCUT2D eigenvalue weighted by Gasteiger charge is 2.31. The Morgan fingerprint density at radius 1 is 1.38 bits per heavy atom. The number of carbonyl (C=O) groups excluding carboxylic acids is 1. The van der Waals surface area contributed by atoms with Gasteiger partial charge in [0.25, 0.3) is 5.91 Å². The van der Waals surface area contributed by atoms with E-state index in [1.807, 2.05) is 57.4 Å². The summed E-state index contributed by atoms with van der Waals surface area (Å²) in [5.74, 6) is -0.0766. The third-order valence-electron chi connectivity index (χ3n) is 4.08. The van der Waals surface area contributed by atoms with E-state index in [0.29, 0.717) is 18.7 Å². The first-order valence-corrected chi connectivity index (χ1v) is 8.10. The van der Waals surface area contributed by atoms with Crippen molar-refractivity contribution in [1.82, 2.24) is 14.7 Å². The van der Waals surface area contributed by atoms with Crippen LogP contribution >= 0.6 is 0 Å². The first-order chi connectivity index (χ1) is 11.5. The van der Waals surface area contributed by atoms with Crippen molar-refractivity contribution in [3.05, 3.63) is 53.9 Å². The van der Waals surface area contributed by atoms with Gasteiger partial charge in [-0.15, -0.1) is 0 Å². The van der Waals surface area contributed by atoms with Gasteiger partial charge in [0.05, 0.1) is 6.20 Å². The van der Waals surface area contributed by atoms with Crippen molar-refractivity contribution in [3.8, 4) is 0 Å². The SMILES string of the molecule is CC(C)N(Cc1cnn(C)c1)C(=O)C1=NO[C@@H](c2ccccc2)C1. The Morgan fingerprint density at radius 2 is 2.12 bits per heavy atom. The molecule has 1 amide bonds. The van der Waals surface area contributed by atoms with Crippen LogP contribution in [0.4, 0.5) is 0 Å². The molecule has 0 unspecified atom stereocenters. The van der Waals surface area contributed by atoms with Crippen molar-refractivity contribution in [3.63, 3.8) is 0 Å². The van der Waals surface area contributed by atoms with Gasteiger partial charge in [0, 0.05) is 37.8 Å². The molecule has 3 rings (SSSR count). The fourth-order valence-electron chi connectivity index (χ4n) is 2.76. The van der Waals surface area contributed by atoms with Crippen LogP contribution in [0.1, 0.15) is 37.5 Å². The molecular formula is C18H22N4O2. The van der Waals surface area contributed by atoms with Crippen molar-refractivity contribution >= 4 is 11.6 Å². The average Bonchev–Trinajstić information content (AvgIpc) is 3.22. The van der Waals surface area contributed by atoms with Crippen LogP contribution in [0.15, 0.2) is 47.9 Å². The van der Waals surface area contributed by atoms with Gasteiger partial charge in [-0.3, -0.25) is 9.48 Å². The highest BCUT2D eigenvalue weighted by molar-refractivity contribution is 6.39. The third-order valence-corrected chi connectivity index (χ3v) is 4.08. The minimum Gasteiger partial charge on any atom is -0.387 e. The van der Waals surface area contributed by atoms with Crippen LogP contribution in [0.5, 0.6) is 0 Å². The zero-order valence-corrected chi connectivity index (χ0v) is 14.2. The zero-order chi connectivity index (χ0) is 17.1. The summed E-state index contributed by atoms with van der Waals surface area (Å²) in [6, 6.07) is 9.92. The Labute approximate surface area is 141 Å². The fraction of sp³-hybridized carbons (Fsp3) is 0.389. The molecule has 2 heterocycles. The number of hydrogen-bond acceptors (Lipinski definition) is 4. The number of benzene rings is 1. The Bertz CT molecular complexity index is 736. The van der Waals surface area contributed by atoms with Crippen LogP contribution in [-0.4, -0.2) is 32.3 Å². The van der Waals surface area contributed by atoms with Crippen molar-refractivity contribution in [2.75, 3.05) is 0 Å². The zero-order valence-electron chi connectivity index (χ0n) is 14.2. The second-order valence-corrected chi connectivity index (χ2v) is 6.30. The largest absolute Gasteiger partial charge is 0.387 e. The predicted octanol–water partition coefficient (Wildman–Crippen LogP) is 2.67. The molecule has 0 saturated carbocycles. The van der Waals surface area contributed by atoms with Crippen LogP contribution in [-0.2, 0) is 23.2 Å². The molecule has 0 N–H and O–H groups in total. The van der Waals surface area contributed by atoms with Crippen molar-refractivity contribution in [1.29, 1.82) is 0 Å². The van der Waals surface area contributed by atoms with Crippen LogP contribution in [0.25, 0.3) is 0 Å². The molecule has 1 aromatic heterocycles. The summed E-state index contributed by atoms with van der Waals surface area (Å²) in [4.78, 5) is 20.1. The maximum atomic E-state index is 12.9. The van der Waals surface area contributed by atoms with Crippen LogP contribution in [0.2, 0.25) is 0 Å². The molecule has 1 aliphatic heterocycles. The Morgan fingerprint density at radius 3 is 2.75 bits per heavy atom. The highest BCUT2D eigenvalue weighted by Crippen LogP contribution is 2.28. The number of rotatable bonds is 5. The molecule has 1 aromatic carbocycles. The van der Waals surface area contributed by atoms with E-state index in [1.165, 1.54) is 0 Å². The van der Waals surface area contributed by atoms with E-state index in [0.717, 1.165) is 11.1 Å². The standard InChI is InChI=1S/C18H22N4O2/c1-13(2)22(12-14-10-19-21(3)11-14)18(23)16-9-17(24-20-16)15-7-5-4-6-8-15/h4-8,10-11,13,17H,9,12H2,1-3H3/t17-/m1/s1. The Hall–Kier alpha value is -2.63. The van der Waals surface area contributed by atoms with Gasteiger partial charge in [-0.25, -0.2) is 0 Å². The molecule has 24 heavy (non-hydrogen) atoms. The van der Waals surface area contributed by atoms with Crippen molar-refractivity contribution < 1.29 is 9.63 Å². The molecule has 6 heteroatoms. The summed E-state index contributed by atoms with van der Waals surface area (Å²) in [5.41, 5.74) is 2.51. The second kappa shape index (κ2) is 6.86. The lowest BCUT2D eigenvalue weighted by molar-refractivity contribution is -0.126. The van der Waals surface area contributed by atoms with Gasteiger partial charge >= 0.3 is 0 Å². The lowest BCUT2D eigenvalue weighted by Crippen LogP contribution is -2.40. The topological polar surface area (TPSA) is 59.7 Å². The third kappa shape index (κ3) is 3.48. The fourth-order valence-corrected chi connectivity index (χ4v) is 2.76. The van der Waals surface area contributed by atoms with E-state index in [2.05, 4.69) is 10.3 Å². The summed E-state index contributed by atoms with van der Waals surface area (Å²) in [7, 11) is 1.87. The maximum absolute atomic E-state index is 12.9.